The van der Waals surface area contributed by atoms with Crippen LogP contribution in [-0.4, -0.2) is 18.5 Å². The van der Waals surface area contributed by atoms with E-state index in [1.807, 2.05) is 0 Å². The number of hydrogen-bond donors (Lipinski definition) is 2. The monoisotopic (exact) mass is 330 g/mol. The number of halogens is 1. The molecule has 2 N–H and O–H groups in total. The van der Waals surface area contributed by atoms with E-state index >= 15 is 0 Å². The quantitative estimate of drug-likeness (QED) is 0.881. The Hall–Kier alpha value is -1.58. The maximum Gasteiger partial charge on any atom is 0.227 e. The molecule has 1 amide bonds. The lowest BCUT2D eigenvalue weighted by molar-refractivity contribution is -0.120. The highest BCUT2D eigenvalue weighted by Gasteiger charge is 2.25. The Kier molecular flexibility index (Phi) is 4.60. The fourth-order valence-corrected chi connectivity index (χ4v) is 3.96. The molecule has 2 aromatic carbocycles. The first-order chi connectivity index (χ1) is 10.7. The molecule has 23 heavy (non-hydrogen) atoms. The zero-order valence-corrected chi connectivity index (χ0v) is 14.2. The van der Waals surface area contributed by atoms with E-state index in [1.165, 1.54) is 21.9 Å². The highest BCUT2D eigenvalue weighted by molar-refractivity contribution is 6.05. The zero-order valence-electron chi connectivity index (χ0n) is 13.4. The van der Waals surface area contributed by atoms with Gasteiger partial charge in [-0.05, 0) is 61.7 Å². The van der Waals surface area contributed by atoms with Crippen LogP contribution in [0.3, 0.4) is 0 Å². The van der Waals surface area contributed by atoms with Gasteiger partial charge in [0.1, 0.15) is 0 Å². The number of carbonyl (C=O) groups excluding carboxylic acids is 1. The van der Waals surface area contributed by atoms with Crippen molar-refractivity contribution in [2.45, 2.75) is 38.6 Å². The van der Waals surface area contributed by atoms with E-state index in [1.54, 1.807) is 0 Å². The van der Waals surface area contributed by atoms with Crippen molar-refractivity contribution in [1.82, 2.24) is 5.32 Å². The summed E-state index contributed by atoms with van der Waals surface area (Å²) >= 11 is 0. The van der Waals surface area contributed by atoms with Crippen LogP contribution < -0.4 is 10.6 Å². The van der Waals surface area contributed by atoms with E-state index in [0.29, 0.717) is 6.04 Å². The van der Waals surface area contributed by atoms with E-state index in [9.17, 15) is 4.79 Å². The third kappa shape index (κ3) is 2.96. The molecule has 0 spiro atoms. The average molecular weight is 331 g/mol. The lowest BCUT2D eigenvalue weighted by Gasteiger charge is -2.27. The van der Waals surface area contributed by atoms with Crippen molar-refractivity contribution in [2.24, 2.45) is 5.92 Å². The summed E-state index contributed by atoms with van der Waals surface area (Å²) in [6, 6.07) is 11.1. The molecule has 0 unspecified atom stereocenters. The van der Waals surface area contributed by atoms with Crippen molar-refractivity contribution >= 4 is 34.8 Å². The first kappa shape index (κ1) is 16.3. The number of anilines is 1. The van der Waals surface area contributed by atoms with Gasteiger partial charge >= 0.3 is 0 Å². The predicted molar refractivity (Wildman–Crippen MR) is 97.4 cm³/mol. The summed E-state index contributed by atoms with van der Waals surface area (Å²) in [5.41, 5.74) is 3.80. The van der Waals surface area contributed by atoms with Gasteiger partial charge in [0.05, 0.1) is 0 Å². The number of carbonyl (C=O) groups is 1. The van der Waals surface area contributed by atoms with Crippen molar-refractivity contribution in [1.29, 1.82) is 0 Å². The Bertz CT molecular complexity index is 733. The third-order valence-electron chi connectivity index (χ3n) is 5.13. The third-order valence-corrected chi connectivity index (χ3v) is 5.13. The topological polar surface area (TPSA) is 41.1 Å². The fraction of sp³-hybridized carbons (Fsp3) is 0.421. The van der Waals surface area contributed by atoms with E-state index < -0.39 is 0 Å². The minimum Gasteiger partial charge on any atom is -0.325 e. The van der Waals surface area contributed by atoms with Crippen molar-refractivity contribution in [2.75, 3.05) is 11.9 Å². The molecule has 0 aromatic heterocycles. The van der Waals surface area contributed by atoms with Crippen LogP contribution in [0.15, 0.2) is 30.3 Å². The lowest BCUT2D eigenvalue weighted by atomic mass is 9.92. The second-order valence-electron chi connectivity index (χ2n) is 6.68. The Morgan fingerprint density at radius 1 is 1.17 bits per heavy atom. The molecule has 2 aromatic rings. The number of hydrogen-bond acceptors (Lipinski definition) is 2. The fourth-order valence-electron chi connectivity index (χ4n) is 3.96. The first-order valence-electron chi connectivity index (χ1n) is 8.30. The summed E-state index contributed by atoms with van der Waals surface area (Å²) in [6.07, 6.45) is 4.09. The van der Waals surface area contributed by atoms with E-state index in [2.05, 4.69) is 47.9 Å². The summed E-state index contributed by atoms with van der Waals surface area (Å²) in [7, 11) is 0. The van der Waals surface area contributed by atoms with Gasteiger partial charge in [-0.3, -0.25) is 4.79 Å². The van der Waals surface area contributed by atoms with Gasteiger partial charge in [-0.15, -0.1) is 12.4 Å². The lowest BCUT2D eigenvalue weighted by Crippen LogP contribution is -2.40. The number of benzene rings is 2. The van der Waals surface area contributed by atoms with Gasteiger partial charge in [-0.2, -0.15) is 0 Å². The smallest absolute Gasteiger partial charge is 0.227 e. The summed E-state index contributed by atoms with van der Waals surface area (Å²) in [6.45, 7) is 3.08. The second-order valence-corrected chi connectivity index (χ2v) is 6.68. The van der Waals surface area contributed by atoms with Crippen LogP contribution in [0.25, 0.3) is 10.8 Å². The first-order valence-corrected chi connectivity index (χ1v) is 8.30. The normalized spacial score (nSPS) is 22.7. The molecule has 1 aliphatic carbocycles. The highest BCUT2D eigenvalue weighted by Crippen LogP contribution is 2.35. The zero-order chi connectivity index (χ0) is 15.1. The van der Waals surface area contributed by atoms with Crippen molar-refractivity contribution in [3.63, 3.8) is 0 Å². The number of aryl methyl sites for hydroxylation is 2. The van der Waals surface area contributed by atoms with Gasteiger partial charge in [0.25, 0.3) is 0 Å². The number of nitrogens with one attached hydrogen (secondary N) is 2. The van der Waals surface area contributed by atoms with Crippen LogP contribution >= 0.6 is 12.4 Å². The maximum absolute atomic E-state index is 12.6. The van der Waals surface area contributed by atoms with Crippen LogP contribution in [0.1, 0.15) is 30.9 Å². The SMILES string of the molecule is C[C@H]1C[C@@H](C(=O)Nc2ccc3c4c(cccc24)CC3)CCN1.Cl. The van der Waals surface area contributed by atoms with Gasteiger partial charge in [-0.25, -0.2) is 0 Å². The molecular weight excluding hydrogens is 308 g/mol. The molecule has 1 aliphatic heterocycles. The minimum atomic E-state index is 0. The minimum absolute atomic E-state index is 0. The van der Waals surface area contributed by atoms with Crippen molar-refractivity contribution < 1.29 is 4.79 Å². The van der Waals surface area contributed by atoms with Crippen molar-refractivity contribution in [3.8, 4) is 0 Å². The maximum atomic E-state index is 12.6. The largest absolute Gasteiger partial charge is 0.325 e. The average Bonchev–Trinajstić information content (AvgIpc) is 2.95. The van der Waals surface area contributed by atoms with E-state index in [-0.39, 0.29) is 24.2 Å². The summed E-state index contributed by atoms with van der Waals surface area (Å²) in [4.78, 5) is 12.6. The summed E-state index contributed by atoms with van der Waals surface area (Å²) < 4.78 is 0. The predicted octanol–water partition coefficient (Wildman–Crippen LogP) is 3.69. The molecule has 2 aliphatic rings. The van der Waals surface area contributed by atoms with Gasteiger partial charge < -0.3 is 10.6 Å². The van der Waals surface area contributed by atoms with Crippen LogP contribution in [0, 0.1) is 5.92 Å². The number of piperidine rings is 1. The van der Waals surface area contributed by atoms with Gasteiger partial charge in [0.2, 0.25) is 5.91 Å². The molecule has 0 radical (unpaired) electrons. The molecule has 0 bridgehead atoms. The molecule has 0 saturated carbocycles. The van der Waals surface area contributed by atoms with E-state index in [0.717, 1.165) is 37.9 Å². The van der Waals surface area contributed by atoms with E-state index in [4.69, 9.17) is 0 Å². The Morgan fingerprint density at radius 2 is 1.96 bits per heavy atom. The molecule has 1 heterocycles. The number of rotatable bonds is 2. The highest BCUT2D eigenvalue weighted by atomic mass is 35.5. The second kappa shape index (κ2) is 6.50. The Morgan fingerprint density at radius 3 is 2.74 bits per heavy atom. The Balaban J connectivity index is 0.00000156. The molecule has 122 valence electrons. The van der Waals surface area contributed by atoms with Crippen LogP contribution in [0.5, 0.6) is 0 Å². The summed E-state index contributed by atoms with van der Waals surface area (Å²) in [5, 5.41) is 9.15. The number of amides is 1. The molecular formula is C19H23ClN2O. The van der Waals surface area contributed by atoms with Crippen molar-refractivity contribution in [3.05, 3.63) is 41.5 Å². The van der Waals surface area contributed by atoms with Gasteiger partial charge in [0, 0.05) is 23.0 Å². The molecule has 1 fully saturated rings. The molecule has 4 rings (SSSR count). The molecule has 3 nitrogen and oxygen atoms in total. The van der Waals surface area contributed by atoms with Crippen LogP contribution in [0.4, 0.5) is 5.69 Å². The molecule has 4 heteroatoms. The molecule has 1 saturated heterocycles. The van der Waals surface area contributed by atoms with Crippen LogP contribution in [0.2, 0.25) is 0 Å². The van der Waals surface area contributed by atoms with Crippen LogP contribution in [-0.2, 0) is 17.6 Å². The van der Waals surface area contributed by atoms with Gasteiger partial charge in [0.15, 0.2) is 0 Å². The Labute approximate surface area is 143 Å². The summed E-state index contributed by atoms with van der Waals surface area (Å²) in [5.74, 6) is 0.298. The molecule has 2 atom stereocenters. The van der Waals surface area contributed by atoms with Gasteiger partial charge in [-0.1, -0.05) is 24.3 Å². The standard InChI is InChI=1S/C19H22N2O.ClH/c1-12-11-15(9-10-20-12)19(22)21-17-8-7-14-6-5-13-3-2-4-16(17)18(13)14;/h2-4,7-8,12,15,20H,5-6,9-11H2,1H3,(H,21,22);1H/t12-,15-;/m0./s1.